The molecule has 172 valence electrons. The van der Waals surface area contributed by atoms with Crippen LogP contribution in [-0.4, -0.2) is 58.6 Å². The Hall–Kier alpha value is -3.58. The van der Waals surface area contributed by atoms with E-state index in [9.17, 15) is 4.79 Å². The summed E-state index contributed by atoms with van der Waals surface area (Å²) in [6, 6.07) is 12.5. The number of carbonyl (C=O) groups is 1. The summed E-state index contributed by atoms with van der Waals surface area (Å²) in [6.45, 7) is 3.97. The summed E-state index contributed by atoms with van der Waals surface area (Å²) in [4.78, 5) is 31.2. The van der Waals surface area contributed by atoms with Gasteiger partial charge in [-0.2, -0.15) is 0 Å². The molecule has 3 aromatic rings. The number of rotatable bonds is 4. The van der Waals surface area contributed by atoms with Gasteiger partial charge < -0.3 is 14.5 Å². The van der Waals surface area contributed by atoms with E-state index in [1.807, 2.05) is 29.3 Å². The SMILES string of the molecule is O=C(c1ncc(C2=CCc3ncc(N4CCOCC4)cc32)cn1)N1CCC[C@H]1c1ccccc1. The molecule has 7 nitrogen and oxygen atoms in total. The minimum atomic E-state index is -0.102. The van der Waals surface area contributed by atoms with Crippen LogP contribution in [0.25, 0.3) is 5.57 Å². The van der Waals surface area contributed by atoms with Gasteiger partial charge in [-0.1, -0.05) is 36.4 Å². The fraction of sp³-hybridized carbons (Fsp3) is 0.333. The van der Waals surface area contributed by atoms with Crippen LogP contribution in [0.4, 0.5) is 5.69 Å². The van der Waals surface area contributed by atoms with Gasteiger partial charge >= 0.3 is 0 Å². The zero-order valence-corrected chi connectivity index (χ0v) is 19.1. The van der Waals surface area contributed by atoms with Crippen molar-refractivity contribution in [1.29, 1.82) is 0 Å². The van der Waals surface area contributed by atoms with Crippen LogP contribution in [-0.2, 0) is 11.2 Å². The van der Waals surface area contributed by atoms with E-state index in [-0.39, 0.29) is 17.8 Å². The van der Waals surface area contributed by atoms with E-state index in [2.05, 4.69) is 39.1 Å². The maximum absolute atomic E-state index is 13.2. The number of amides is 1. The number of morpholine rings is 1. The van der Waals surface area contributed by atoms with E-state index < -0.39 is 0 Å². The van der Waals surface area contributed by atoms with E-state index >= 15 is 0 Å². The van der Waals surface area contributed by atoms with Gasteiger partial charge in [0.15, 0.2) is 0 Å². The molecule has 3 aliphatic rings. The van der Waals surface area contributed by atoms with Gasteiger partial charge in [-0.3, -0.25) is 9.78 Å². The summed E-state index contributed by atoms with van der Waals surface area (Å²) < 4.78 is 5.48. The van der Waals surface area contributed by atoms with Gasteiger partial charge in [0.1, 0.15) is 0 Å². The van der Waals surface area contributed by atoms with Crippen LogP contribution in [0, 0.1) is 0 Å². The molecule has 0 saturated carbocycles. The molecule has 34 heavy (non-hydrogen) atoms. The zero-order valence-electron chi connectivity index (χ0n) is 19.1. The lowest BCUT2D eigenvalue weighted by atomic mass is 10.0. The number of hydrogen-bond donors (Lipinski definition) is 0. The normalized spacial score (nSPS) is 19.8. The Labute approximate surface area is 199 Å². The number of hydrogen-bond acceptors (Lipinski definition) is 6. The second-order valence-electron chi connectivity index (χ2n) is 8.97. The summed E-state index contributed by atoms with van der Waals surface area (Å²) in [5, 5.41) is 0. The molecular weight excluding hydrogens is 426 g/mol. The summed E-state index contributed by atoms with van der Waals surface area (Å²) in [6.07, 6.45) is 10.4. The highest BCUT2D eigenvalue weighted by atomic mass is 16.5. The highest BCUT2D eigenvalue weighted by Crippen LogP contribution is 2.35. The van der Waals surface area contributed by atoms with Crippen molar-refractivity contribution in [2.45, 2.75) is 25.3 Å². The predicted octanol–water partition coefficient (Wildman–Crippen LogP) is 3.67. The molecule has 2 aliphatic heterocycles. The smallest absolute Gasteiger partial charge is 0.292 e. The Bertz CT molecular complexity index is 1220. The first kappa shape index (κ1) is 21.0. The molecule has 1 atom stereocenters. The molecular formula is C27H27N5O2. The second-order valence-corrected chi connectivity index (χ2v) is 8.97. The lowest BCUT2D eigenvalue weighted by molar-refractivity contribution is 0.0723. The van der Waals surface area contributed by atoms with Gasteiger partial charge in [0, 0.05) is 49.6 Å². The first-order valence-corrected chi connectivity index (χ1v) is 12.0. The monoisotopic (exact) mass is 453 g/mol. The van der Waals surface area contributed by atoms with Gasteiger partial charge in [-0.15, -0.1) is 0 Å². The third-order valence-electron chi connectivity index (χ3n) is 6.97. The van der Waals surface area contributed by atoms with Crippen molar-refractivity contribution >= 4 is 17.2 Å². The first-order valence-electron chi connectivity index (χ1n) is 12.0. The van der Waals surface area contributed by atoms with E-state index in [0.717, 1.165) is 80.2 Å². The van der Waals surface area contributed by atoms with Crippen LogP contribution < -0.4 is 4.90 Å². The third-order valence-corrected chi connectivity index (χ3v) is 6.97. The maximum Gasteiger partial charge on any atom is 0.292 e. The fourth-order valence-electron chi connectivity index (χ4n) is 5.19. The molecule has 6 rings (SSSR count). The molecule has 7 heteroatoms. The van der Waals surface area contributed by atoms with E-state index in [1.165, 1.54) is 5.56 Å². The molecule has 4 heterocycles. The van der Waals surface area contributed by atoms with Gasteiger partial charge in [-0.25, -0.2) is 9.97 Å². The average Bonchev–Trinajstić information content (AvgIpc) is 3.57. The molecule has 0 radical (unpaired) electrons. The maximum atomic E-state index is 13.2. The quantitative estimate of drug-likeness (QED) is 0.600. The predicted molar refractivity (Wildman–Crippen MR) is 130 cm³/mol. The molecule has 0 N–H and O–H groups in total. The van der Waals surface area contributed by atoms with Gasteiger partial charge in [0.25, 0.3) is 5.91 Å². The molecule has 0 bridgehead atoms. The number of carbonyl (C=O) groups excluding carboxylic acids is 1. The molecule has 1 aromatic carbocycles. The van der Waals surface area contributed by atoms with Gasteiger partial charge in [0.2, 0.25) is 5.82 Å². The number of ether oxygens (including phenoxy) is 1. The molecule has 0 spiro atoms. The largest absolute Gasteiger partial charge is 0.378 e. The minimum Gasteiger partial charge on any atom is -0.378 e. The van der Waals surface area contributed by atoms with Crippen molar-refractivity contribution in [2.75, 3.05) is 37.7 Å². The number of benzene rings is 1. The van der Waals surface area contributed by atoms with Crippen molar-refractivity contribution in [1.82, 2.24) is 19.9 Å². The number of pyridine rings is 1. The van der Waals surface area contributed by atoms with Crippen LogP contribution in [0.1, 0.15) is 51.9 Å². The lowest BCUT2D eigenvalue weighted by Gasteiger charge is -2.29. The molecule has 2 aromatic heterocycles. The average molecular weight is 454 g/mol. The number of likely N-dealkylation sites (tertiary alicyclic amines) is 1. The van der Waals surface area contributed by atoms with Crippen molar-refractivity contribution < 1.29 is 9.53 Å². The van der Waals surface area contributed by atoms with E-state index in [1.54, 1.807) is 12.4 Å². The lowest BCUT2D eigenvalue weighted by Crippen LogP contribution is -2.36. The van der Waals surface area contributed by atoms with E-state index in [0.29, 0.717) is 0 Å². The Morgan fingerprint density at radius 2 is 1.76 bits per heavy atom. The van der Waals surface area contributed by atoms with Crippen molar-refractivity contribution in [2.24, 2.45) is 0 Å². The number of fused-ring (bicyclic) bond motifs is 1. The van der Waals surface area contributed by atoms with Crippen LogP contribution in [0.5, 0.6) is 0 Å². The second kappa shape index (κ2) is 8.99. The standard InChI is InChI=1S/C27H27N5O2/c33-27(32-10-4-7-25(32)19-5-2-1-3-6-19)26-29-16-20(17-30-26)22-8-9-24-23(22)15-21(18-28-24)31-11-13-34-14-12-31/h1-3,5-6,8,15-18,25H,4,7,9-14H2/t25-/m0/s1. The Balaban J connectivity index is 1.22. The van der Waals surface area contributed by atoms with Crippen molar-refractivity contribution in [3.8, 4) is 0 Å². The van der Waals surface area contributed by atoms with Crippen LogP contribution in [0.3, 0.4) is 0 Å². The van der Waals surface area contributed by atoms with Gasteiger partial charge in [0.05, 0.1) is 36.8 Å². The minimum absolute atomic E-state index is 0.0890. The summed E-state index contributed by atoms with van der Waals surface area (Å²) >= 11 is 0. The molecule has 1 aliphatic carbocycles. The van der Waals surface area contributed by atoms with E-state index in [4.69, 9.17) is 9.72 Å². The molecule has 2 saturated heterocycles. The summed E-state index contributed by atoms with van der Waals surface area (Å²) in [5.41, 5.74) is 6.47. The Morgan fingerprint density at radius 1 is 0.971 bits per heavy atom. The molecule has 0 unspecified atom stereocenters. The first-order chi connectivity index (χ1) is 16.8. The molecule has 1 amide bonds. The number of aromatic nitrogens is 3. The summed E-state index contributed by atoms with van der Waals surface area (Å²) in [7, 11) is 0. The van der Waals surface area contributed by atoms with Crippen LogP contribution >= 0.6 is 0 Å². The topological polar surface area (TPSA) is 71.5 Å². The fourth-order valence-corrected chi connectivity index (χ4v) is 5.19. The Morgan fingerprint density at radius 3 is 2.56 bits per heavy atom. The number of allylic oxidation sites excluding steroid dienone is 1. The van der Waals surface area contributed by atoms with Crippen molar-refractivity contribution in [3.63, 3.8) is 0 Å². The van der Waals surface area contributed by atoms with Gasteiger partial charge in [-0.05, 0) is 30.0 Å². The number of anilines is 1. The number of nitrogens with zero attached hydrogens (tertiary/aromatic N) is 5. The molecule has 2 fully saturated rings. The summed E-state index contributed by atoms with van der Waals surface area (Å²) in [5.74, 6) is 0.153. The third kappa shape index (κ3) is 3.86. The van der Waals surface area contributed by atoms with Crippen LogP contribution in [0.15, 0.2) is 61.1 Å². The van der Waals surface area contributed by atoms with Crippen molar-refractivity contribution in [3.05, 3.63) is 89.3 Å². The Kier molecular flexibility index (Phi) is 5.55. The highest BCUT2D eigenvalue weighted by Gasteiger charge is 2.32. The van der Waals surface area contributed by atoms with Crippen LogP contribution in [0.2, 0.25) is 0 Å². The zero-order chi connectivity index (χ0) is 22.9. The highest BCUT2D eigenvalue weighted by molar-refractivity contribution is 5.91.